The minimum atomic E-state index is -0.774. The Balaban J connectivity index is 2.09. The molecule has 0 bridgehead atoms. The molecule has 3 nitrogen and oxygen atoms in total. The van der Waals surface area contributed by atoms with Gasteiger partial charge in [-0.3, -0.25) is 4.79 Å². The summed E-state index contributed by atoms with van der Waals surface area (Å²) in [6, 6.07) is 7.70. The van der Waals surface area contributed by atoms with E-state index in [0.29, 0.717) is 6.42 Å². The largest absolute Gasteiger partial charge is 0.481 e. The monoisotopic (exact) mass is 295 g/mol. The first-order valence-electron chi connectivity index (χ1n) is 5.96. The molecule has 2 rings (SSSR count). The van der Waals surface area contributed by atoms with E-state index in [0.717, 1.165) is 32.6 Å². The summed E-state index contributed by atoms with van der Waals surface area (Å²) >= 11 is 7.53. The van der Waals surface area contributed by atoms with E-state index in [4.69, 9.17) is 16.7 Å². The van der Waals surface area contributed by atoms with Gasteiger partial charge in [0.15, 0.2) is 0 Å². The molecule has 0 aliphatic rings. The number of aryl methyl sites for hydroxylation is 2. The minimum absolute atomic E-state index is 0.152. The molecular formula is C14H14ClNO2S. The third kappa shape index (κ3) is 4.04. The van der Waals surface area contributed by atoms with E-state index in [1.165, 1.54) is 0 Å². The minimum Gasteiger partial charge on any atom is -0.481 e. The van der Waals surface area contributed by atoms with Crippen LogP contribution < -0.4 is 0 Å². The maximum absolute atomic E-state index is 10.6. The van der Waals surface area contributed by atoms with Crippen LogP contribution in [0.25, 0.3) is 0 Å². The van der Waals surface area contributed by atoms with Crippen molar-refractivity contribution in [3.8, 4) is 0 Å². The summed E-state index contributed by atoms with van der Waals surface area (Å²) in [5.41, 5.74) is 2.05. The number of benzene rings is 1. The Bertz CT molecular complexity index is 595. The summed E-state index contributed by atoms with van der Waals surface area (Å²) in [7, 11) is 0. The SMILES string of the molecule is Cc1nc(Cc2cccc(Cl)c2)sc1CCC(=O)O. The first kappa shape index (κ1) is 14.0. The van der Waals surface area contributed by atoms with Crippen molar-refractivity contribution >= 4 is 28.9 Å². The number of carbonyl (C=O) groups is 1. The maximum atomic E-state index is 10.6. The summed E-state index contributed by atoms with van der Waals surface area (Å²) in [6.45, 7) is 1.93. The first-order valence-corrected chi connectivity index (χ1v) is 7.15. The lowest BCUT2D eigenvalue weighted by Gasteiger charge is -1.98. The number of thiazole rings is 1. The zero-order valence-electron chi connectivity index (χ0n) is 10.5. The van der Waals surface area contributed by atoms with Gasteiger partial charge in [-0.15, -0.1) is 11.3 Å². The molecular weight excluding hydrogens is 282 g/mol. The summed E-state index contributed by atoms with van der Waals surface area (Å²) < 4.78 is 0. The molecule has 0 radical (unpaired) electrons. The van der Waals surface area contributed by atoms with E-state index in [9.17, 15) is 4.79 Å². The van der Waals surface area contributed by atoms with Crippen LogP contribution in [0.15, 0.2) is 24.3 Å². The van der Waals surface area contributed by atoms with Gasteiger partial charge >= 0.3 is 5.97 Å². The second-order valence-electron chi connectivity index (χ2n) is 4.32. The maximum Gasteiger partial charge on any atom is 0.303 e. The van der Waals surface area contributed by atoms with Crippen molar-refractivity contribution in [2.45, 2.75) is 26.2 Å². The highest BCUT2D eigenvalue weighted by molar-refractivity contribution is 7.11. The molecule has 1 N–H and O–H groups in total. The molecule has 19 heavy (non-hydrogen) atoms. The van der Waals surface area contributed by atoms with E-state index in [1.54, 1.807) is 11.3 Å². The number of aliphatic carboxylic acids is 1. The van der Waals surface area contributed by atoms with Gasteiger partial charge in [0.2, 0.25) is 0 Å². The number of aromatic nitrogens is 1. The van der Waals surface area contributed by atoms with E-state index >= 15 is 0 Å². The molecule has 2 aromatic rings. The third-order valence-electron chi connectivity index (χ3n) is 2.75. The predicted octanol–water partition coefficient (Wildman–Crippen LogP) is 3.71. The lowest BCUT2D eigenvalue weighted by atomic mass is 10.2. The zero-order chi connectivity index (χ0) is 13.8. The lowest BCUT2D eigenvalue weighted by molar-refractivity contribution is -0.136. The van der Waals surface area contributed by atoms with Crippen LogP contribution in [0.4, 0.5) is 0 Å². The smallest absolute Gasteiger partial charge is 0.303 e. The van der Waals surface area contributed by atoms with Crippen molar-refractivity contribution in [2.75, 3.05) is 0 Å². The number of hydrogen-bond acceptors (Lipinski definition) is 3. The third-order valence-corrected chi connectivity index (χ3v) is 4.20. The number of carboxylic acids is 1. The Labute approximate surface area is 120 Å². The Morgan fingerprint density at radius 2 is 2.26 bits per heavy atom. The van der Waals surface area contributed by atoms with Gasteiger partial charge in [-0.2, -0.15) is 0 Å². The van der Waals surface area contributed by atoms with Crippen LogP contribution in [0.1, 0.15) is 27.6 Å². The Kier molecular flexibility index (Phi) is 4.56. The van der Waals surface area contributed by atoms with E-state index in [-0.39, 0.29) is 6.42 Å². The Morgan fingerprint density at radius 3 is 2.95 bits per heavy atom. The highest BCUT2D eigenvalue weighted by Gasteiger charge is 2.10. The molecule has 0 atom stereocenters. The summed E-state index contributed by atoms with van der Waals surface area (Å²) in [6.07, 6.45) is 1.44. The molecule has 0 unspecified atom stereocenters. The number of halogens is 1. The van der Waals surface area contributed by atoms with Crippen LogP contribution in [0.3, 0.4) is 0 Å². The van der Waals surface area contributed by atoms with Crippen molar-refractivity contribution in [3.63, 3.8) is 0 Å². The second kappa shape index (κ2) is 6.17. The molecule has 0 saturated heterocycles. The summed E-state index contributed by atoms with van der Waals surface area (Å²) in [5, 5.41) is 10.4. The van der Waals surface area contributed by atoms with Crippen LogP contribution in [0.2, 0.25) is 5.02 Å². The van der Waals surface area contributed by atoms with Crippen molar-refractivity contribution in [2.24, 2.45) is 0 Å². The van der Waals surface area contributed by atoms with Crippen molar-refractivity contribution in [3.05, 3.63) is 50.4 Å². The molecule has 1 aromatic heterocycles. The molecule has 0 saturated carbocycles. The number of rotatable bonds is 5. The van der Waals surface area contributed by atoms with Crippen LogP contribution in [-0.4, -0.2) is 16.1 Å². The summed E-state index contributed by atoms with van der Waals surface area (Å²) in [5.74, 6) is -0.774. The van der Waals surface area contributed by atoms with Crippen LogP contribution in [0, 0.1) is 6.92 Å². The quantitative estimate of drug-likeness (QED) is 0.915. The molecule has 100 valence electrons. The number of carboxylic acid groups (broad SMARTS) is 1. The van der Waals surface area contributed by atoms with E-state index < -0.39 is 5.97 Å². The van der Waals surface area contributed by atoms with Gasteiger partial charge in [-0.1, -0.05) is 23.7 Å². The predicted molar refractivity (Wildman–Crippen MR) is 77.1 cm³/mol. The number of hydrogen-bond donors (Lipinski definition) is 1. The molecule has 1 heterocycles. The van der Waals surface area contributed by atoms with Crippen LogP contribution >= 0.6 is 22.9 Å². The molecule has 5 heteroatoms. The topological polar surface area (TPSA) is 50.2 Å². The Morgan fingerprint density at radius 1 is 1.47 bits per heavy atom. The normalized spacial score (nSPS) is 10.6. The highest BCUT2D eigenvalue weighted by atomic mass is 35.5. The van der Waals surface area contributed by atoms with Crippen molar-refractivity contribution < 1.29 is 9.90 Å². The average molecular weight is 296 g/mol. The fourth-order valence-electron chi connectivity index (χ4n) is 1.84. The Hall–Kier alpha value is -1.39. The van der Waals surface area contributed by atoms with E-state index in [1.807, 2.05) is 31.2 Å². The fourth-order valence-corrected chi connectivity index (χ4v) is 3.15. The van der Waals surface area contributed by atoms with Crippen LogP contribution in [-0.2, 0) is 17.6 Å². The lowest BCUT2D eigenvalue weighted by Crippen LogP contribution is -1.96. The van der Waals surface area contributed by atoms with E-state index in [2.05, 4.69) is 4.98 Å². The second-order valence-corrected chi connectivity index (χ2v) is 5.92. The van der Waals surface area contributed by atoms with Gasteiger partial charge in [0.05, 0.1) is 17.1 Å². The summed E-state index contributed by atoms with van der Waals surface area (Å²) in [4.78, 5) is 16.1. The van der Waals surface area contributed by atoms with Gasteiger partial charge in [0.1, 0.15) is 0 Å². The molecule has 0 fully saturated rings. The molecule has 0 amide bonds. The van der Waals surface area contributed by atoms with Gasteiger partial charge in [-0.25, -0.2) is 4.98 Å². The highest BCUT2D eigenvalue weighted by Crippen LogP contribution is 2.23. The molecule has 0 spiro atoms. The standard InChI is InChI=1S/C14H14ClNO2S/c1-9-12(5-6-14(17)18)19-13(16-9)8-10-3-2-4-11(15)7-10/h2-4,7H,5-6,8H2,1H3,(H,17,18). The fraction of sp³-hybridized carbons (Fsp3) is 0.286. The van der Waals surface area contributed by atoms with Crippen LogP contribution in [0.5, 0.6) is 0 Å². The van der Waals surface area contributed by atoms with Gasteiger partial charge in [-0.05, 0) is 31.0 Å². The zero-order valence-corrected chi connectivity index (χ0v) is 12.1. The van der Waals surface area contributed by atoms with Gasteiger partial charge in [0, 0.05) is 16.3 Å². The van der Waals surface area contributed by atoms with Crippen molar-refractivity contribution in [1.29, 1.82) is 0 Å². The number of nitrogens with zero attached hydrogens (tertiary/aromatic N) is 1. The average Bonchev–Trinajstić information content (AvgIpc) is 2.67. The van der Waals surface area contributed by atoms with Crippen molar-refractivity contribution in [1.82, 2.24) is 4.98 Å². The molecule has 0 aliphatic heterocycles. The molecule has 0 aliphatic carbocycles. The first-order chi connectivity index (χ1) is 9.04. The molecule has 1 aromatic carbocycles. The van der Waals surface area contributed by atoms with Gasteiger partial charge in [0.25, 0.3) is 0 Å². The van der Waals surface area contributed by atoms with Gasteiger partial charge < -0.3 is 5.11 Å².